The van der Waals surface area contributed by atoms with Crippen molar-refractivity contribution in [3.8, 4) is 0 Å². The Hall–Kier alpha value is -0.240. The monoisotopic (exact) mass is 245 g/mol. The minimum atomic E-state index is 0.329. The lowest BCUT2D eigenvalue weighted by Crippen LogP contribution is -2.34. The molecule has 0 saturated carbocycles. The topological polar surface area (TPSA) is 20.3 Å². The van der Waals surface area contributed by atoms with Crippen LogP contribution in [-0.4, -0.2) is 29.8 Å². The molecule has 1 amide bonds. The van der Waals surface area contributed by atoms with E-state index in [1.807, 2.05) is 4.90 Å². The summed E-state index contributed by atoms with van der Waals surface area (Å²) in [6.45, 7) is 6.10. The van der Waals surface area contributed by atoms with Crippen LogP contribution in [0.1, 0.15) is 46.0 Å². The number of halogens is 1. The smallest absolute Gasteiger partial charge is 0.222 e. The van der Waals surface area contributed by atoms with Gasteiger partial charge in [-0.2, -0.15) is 0 Å². The van der Waals surface area contributed by atoms with E-state index in [0.717, 1.165) is 31.8 Å². The molecule has 2 atom stereocenters. The summed E-state index contributed by atoms with van der Waals surface area (Å²) >= 11 is 5.80. The van der Waals surface area contributed by atoms with Crippen LogP contribution >= 0.6 is 11.6 Å². The van der Waals surface area contributed by atoms with Crippen LogP contribution in [0.2, 0.25) is 0 Å². The van der Waals surface area contributed by atoms with Gasteiger partial charge in [0.05, 0.1) is 0 Å². The summed E-state index contributed by atoms with van der Waals surface area (Å²) in [5, 5.41) is 0. The van der Waals surface area contributed by atoms with Crippen LogP contribution in [0.15, 0.2) is 0 Å². The van der Waals surface area contributed by atoms with E-state index >= 15 is 0 Å². The molecule has 0 aromatic heterocycles. The third-order valence-electron chi connectivity index (χ3n) is 3.42. The number of hydrogen-bond acceptors (Lipinski definition) is 1. The Kier molecular flexibility index (Phi) is 6.18. The Balaban J connectivity index is 2.44. The second-order valence-corrected chi connectivity index (χ2v) is 5.39. The number of carbonyl (C=O) groups is 1. The molecule has 2 nitrogen and oxygen atoms in total. The number of nitrogens with zero attached hydrogens (tertiary/aromatic N) is 1. The SMILES string of the molecule is CCCC1CCC(=O)N(CC(C)CCl)CC1. The number of carbonyl (C=O) groups excluding carboxylic acids is 1. The van der Waals surface area contributed by atoms with E-state index < -0.39 is 0 Å². The van der Waals surface area contributed by atoms with Gasteiger partial charge in [0.15, 0.2) is 0 Å². The van der Waals surface area contributed by atoms with Gasteiger partial charge in [-0.25, -0.2) is 0 Å². The fourth-order valence-corrected chi connectivity index (χ4v) is 2.51. The lowest BCUT2D eigenvalue weighted by Gasteiger charge is -2.23. The molecule has 16 heavy (non-hydrogen) atoms. The quantitative estimate of drug-likeness (QED) is 0.681. The average molecular weight is 246 g/mol. The minimum Gasteiger partial charge on any atom is -0.342 e. The Labute approximate surface area is 104 Å². The normalized spacial score (nSPS) is 24.3. The highest BCUT2D eigenvalue weighted by Crippen LogP contribution is 2.23. The summed E-state index contributed by atoms with van der Waals surface area (Å²) in [4.78, 5) is 13.9. The molecule has 0 aromatic rings. The van der Waals surface area contributed by atoms with Crippen LogP contribution in [0.25, 0.3) is 0 Å². The molecule has 0 spiro atoms. The van der Waals surface area contributed by atoms with Crippen molar-refractivity contribution in [2.45, 2.75) is 46.0 Å². The Morgan fingerprint density at radius 1 is 1.50 bits per heavy atom. The highest BCUT2D eigenvalue weighted by atomic mass is 35.5. The number of amides is 1. The molecule has 1 heterocycles. The first kappa shape index (κ1) is 13.8. The average Bonchev–Trinajstić information content (AvgIpc) is 2.44. The lowest BCUT2D eigenvalue weighted by atomic mass is 9.96. The van der Waals surface area contributed by atoms with E-state index in [1.54, 1.807) is 0 Å². The maximum absolute atomic E-state index is 11.9. The van der Waals surface area contributed by atoms with Crippen LogP contribution in [0, 0.1) is 11.8 Å². The molecule has 3 heteroatoms. The molecule has 0 aliphatic carbocycles. The van der Waals surface area contributed by atoms with Crippen molar-refractivity contribution >= 4 is 17.5 Å². The first-order valence-corrected chi connectivity index (χ1v) is 7.04. The van der Waals surface area contributed by atoms with Crippen LogP contribution in [0.4, 0.5) is 0 Å². The molecule has 0 aromatic carbocycles. The van der Waals surface area contributed by atoms with Gasteiger partial charge in [-0.1, -0.05) is 26.7 Å². The second-order valence-electron chi connectivity index (χ2n) is 5.08. The van der Waals surface area contributed by atoms with E-state index in [-0.39, 0.29) is 0 Å². The van der Waals surface area contributed by atoms with Crippen molar-refractivity contribution in [1.29, 1.82) is 0 Å². The van der Waals surface area contributed by atoms with Crippen molar-refractivity contribution in [2.24, 2.45) is 11.8 Å². The Morgan fingerprint density at radius 3 is 2.88 bits per heavy atom. The summed E-state index contributed by atoms with van der Waals surface area (Å²) in [5.74, 6) is 2.14. The third kappa shape index (κ3) is 4.32. The molecule has 94 valence electrons. The zero-order valence-electron chi connectivity index (χ0n) is 10.5. The van der Waals surface area contributed by atoms with Crippen LogP contribution < -0.4 is 0 Å². The predicted molar refractivity (Wildman–Crippen MR) is 68.7 cm³/mol. The van der Waals surface area contributed by atoms with Crippen molar-refractivity contribution in [2.75, 3.05) is 19.0 Å². The van der Waals surface area contributed by atoms with Gasteiger partial charge in [-0.3, -0.25) is 4.79 Å². The molecule has 2 unspecified atom stereocenters. The van der Waals surface area contributed by atoms with Crippen LogP contribution in [-0.2, 0) is 4.79 Å². The number of likely N-dealkylation sites (tertiary alicyclic amines) is 1. The van der Waals surface area contributed by atoms with Gasteiger partial charge in [0, 0.05) is 25.4 Å². The Bertz CT molecular complexity index is 220. The van der Waals surface area contributed by atoms with Crippen LogP contribution in [0.3, 0.4) is 0 Å². The molecular weight excluding hydrogens is 222 g/mol. The first-order valence-electron chi connectivity index (χ1n) is 6.51. The largest absolute Gasteiger partial charge is 0.342 e. The van der Waals surface area contributed by atoms with Crippen molar-refractivity contribution in [1.82, 2.24) is 4.90 Å². The fraction of sp³-hybridized carbons (Fsp3) is 0.923. The van der Waals surface area contributed by atoms with E-state index in [2.05, 4.69) is 13.8 Å². The molecule has 0 N–H and O–H groups in total. The molecule has 1 aliphatic heterocycles. The van der Waals surface area contributed by atoms with Crippen molar-refractivity contribution < 1.29 is 4.79 Å². The Morgan fingerprint density at radius 2 is 2.25 bits per heavy atom. The van der Waals surface area contributed by atoms with Crippen molar-refractivity contribution in [3.63, 3.8) is 0 Å². The zero-order chi connectivity index (χ0) is 12.0. The summed E-state index contributed by atoms with van der Waals surface area (Å²) in [7, 11) is 0. The highest BCUT2D eigenvalue weighted by Gasteiger charge is 2.22. The summed E-state index contributed by atoms with van der Waals surface area (Å²) in [6, 6.07) is 0. The van der Waals surface area contributed by atoms with Gasteiger partial charge in [0.2, 0.25) is 5.91 Å². The van der Waals surface area contributed by atoms with Gasteiger partial charge < -0.3 is 4.90 Å². The van der Waals surface area contributed by atoms with E-state index in [4.69, 9.17) is 11.6 Å². The third-order valence-corrected chi connectivity index (χ3v) is 3.95. The number of rotatable bonds is 5. The van der Waals surface area contributed by atoms with Gasteiger partial charge in [0.1, 0.15) is 0 Å². The van der Waals surface area contributed by atoms with Gasteiger partial charge in [-0.15, -0.1) is 11.6 Å². The first-order chi connectivity index (χ1) is 7.67. The van der Waals surface area contributed by atoms with E-state index in [9.17, 15) is 4.79 Å². The maximum atomic E-state index is 11.9. The summed E-state index contributed by atoms with van der Waals surface area (Å²) in [5.41, 5.74) is 0. The molecule has 1 aliphatic rings. The van der Waals surface area contributed by atoms with Gasteiger partial charge >= 0.3 is 0 Å². The van der Waals surface area contributed by atoms with Crippen LogP contribution in [0.5, 0.6) is 0 Å². The molecule has 0 bridgehead atoms. The van der Waals surface area contributed by atoms with E-state index in [1.165, 1.54) is 19.3 Å². The summed E-state index contributed by atoms with van der Waals surface area (Å²) in [6.07, 6.45) is 5.50. The van der Waals surface area contributed by atoms with Gasteiger partial charge in [-0.05, 0) is 24.7 Å². The molecule has 0 radical (unpaired) electrons. The van der Waals surface area contributed by atoms with Crippen molar-refractivity contribution in [3.05, 3.63) is 0 Å². The fourth-order valence-electron chi connectivity index (χ4n) is 2.41. The molecular formula is C13H24ClNO. The summed E-state index contributed by atoms with van der Waals surface area (Å²) < 4.78 is 0. The lowest BCUT2D eigenvalue weighted by molar-refractivity contribution is -0.131. The molecule has 1 rings (SSSR count). The highest BCUT2D eigenvalue weighted by molar-refractivity contribution is 6.18. The standard InChI is InChI=1S/C13H24ClNO/c1-3-4-12-5-6-13(16)15(8-7-12)10-11(2)9-14/h11-12H,3-10H2,1-2H3. The zero-order valence-corrected chi connectivity index (χ0v) is 11.3. The molecule has 1 saturated heterocycles. The van der Waals surface area contributed by atoms with Gasteiger partial charge in [0.25, 0.3) is 0 Å². The second kappa shape index (κ2) is 7.16. The predicted octanol–water partition coefficient (Wildman–Crippen LogP) is 3.29. The van der Waals surface area contributed by atoms with E-state index in [0.29, 0.717) is 17.7 Å². The minimum absolute atomic E-state index is 0.329. The number of alkyl halides is 1. The number of hydrogen-bond donors (Lipinski definition) is 0. The molecule has 1 fully saturated rings. The maximum Gasteiger partial charge on any atom is 0.222 e.